The van der Waals surface area contributed by atoms with Gasteiger partial charge in [0.2, 0.25) is 0 Å². The van der Waals surface area contributed by atoms with E-state index >= 15 is 0 Å². The van der Waals surface area contributed by atoms with Crippen molar-refractivity contribution in [1.29, 1.82) is 0 Å². The minimum atomic E-state index is -0.982. The van der Waals surface area contributed by atoms with Crippen molar-refractivity contribution in [2.24, 2.45) is 5.92 Å². The molecule has 1 aliphatic rings. The average molecular weight is 498 g/mol. The third kappa shape index (κ3) is 4.84. The first-order chi connectivity index (χ1) is 17.8. The lowest BCUT2D eigenvalue weighted by Gasteiger charge is -2.23. The topological polar surface area (TPSA) is 66.8 Å². The molecule has 190 valence electrons. The summed E-state index contributed by atoms with van der Waals surface area (Å²) in [5, 5.41) is 0.709. The smallest absolute Gasteiger partial charge is 0.332 e. The third-order valence-electron chi connectivity index (χ3n) is 6.51. The van der Waals surface area contributed by atoms with E-state index in [0.29, 0.717) is 52.3 Å². The zero-order chi connectivity index (χ0) is 26.2. The third-order valence-corrected chi connectivity index (χ3v) is 6.51. The molecule has 1 unspecified atom stereocenters. The highest BCUT2D eigenvalue weighted by atomic mass is 16.7. The molecule has 0 bridgehead atoms. The van der Waals surface area contributed by atoms with E-state index in [-0.39, 0.29) is 11.8 Å². The molecular formula is C31H31NO5. The largest absolute Gasteiger partial charge is 0.445 e. The number of ketones is 1. The summed E-state index contributed by atoms with van der Waals surface area (Å²) in [5.41, 5.74) is 3.74. The van der Waals surface area contributed by atoms with Gasteiger partial charge in [0, 0.05) is 29.9 Å². The summed E-state index contributed by atoms with van der Waals surface area (Å²) in [4.78, 5) is 31.2. The van der Waals surface area contributed by atoms with Crippen molar-refractivity contribution < 1.29 is 23.9 Å². The van der Waals surface area contributed by atoms with E-state index in [2.05, 4.69) is 26.0 Å². The molecule has 1 atom stereocenters. The molecule has 0 spiro atoms. The highest BCUT2D eigenvalue weighted by molar-refractivity contribution is 6.16. The van der Waals surface area contributed by atoms with E-state index in [9.17, 15) is 9.59 Å². The number of aromatic nitrogens is 1. The molecule has 0 aliphatic carbocycles. The van der Waals surface area contributed by atoms with Gasteiger partial charge in [0.05, 0.1) is 17.3 Å². The maximum atomic E-state index is 13.6. The number of fused-ring (bicyclic) bond motifs is 2. The van der Waals surface area contributed by atoms with Crippen molar-refractivity contribution in [3.05, 3.63) is 95.2 Å². The Hall–Kier alpha value is -4.06. The van der Waals surface area contributed by atoms with E-state index < -0.39 is 5.79 Å². The zero-order valence-corrected chi connectivity index (χ0v) is 21.6. The van der Waals surface area contributed by atoms with E-state index in [1.54, 1.807) is 24.4 Å². The Kier molecular flexibility index (Phi) is 6.50. The van der Waals surface area contributed by atoms with Crippen molar-refractivity contribution in [2.75, 3.05) is 0 Å². The van der Waals surface area contributed by atoms with Crippen LogP contribution < -0.4 is 14.3 Å². The van der Waals surface area contributed by atoms with Crippen LogP contribution in [0.1, 0.15) is 67.6 Å². The summed E-state index contributed by atoms with van der Waals surface area (Å²) < 4.78 is 13.8. The molecular weight excluding hydrogens is 466 g/mol. The molecule has 1 aromatic heterocycles. The number of para-hydroxylation sites is 1. The van der Waals surface area contributed by atoms with E-state index in [1.807, 2.05) is 50.2 Å². The minimum absolute atomic E-state index is 0.195. The molecule has 0 N–H and O–H groups in total. The number of ether oxygens (including phenoxy) is 2. The fraction of sp³-hybridized carbons (Fsp3) is 0.290. The number of carbonyl (C=O) groups excluding carboxylic acids is 2. The Labute approximate surface area is 216 Å². The van der Waals surface area contributed by atoms with Crippen LogP contribution in [0.2, 0.25) is 0 Å². The van der Waals surface area contributed by atoms with Gasteiger partial charge in [-0.1, -0.05) is 63.2 Å². The molecule has 37 heavy (non-hydrogen) atoms. The second-order valence-electron chi connectivity index (χ2n) is 10.0. The number of hydrogen-bond donors (Lipinski definition) is 0. The predicted molar refractivity (Wildman–Crippen MR) is 142 cm³/mol. The monoisotopic (exact) mass is 497 g/mol. The Bertz CT molecular complexity index is 1470. The van der Waals surface area contributed by atoms with E-state index in [4.69, 9.17) is 14.3 Å². The van der Waals surface area contributed by atoms with Gasteiger partial charge in [-0.15, -0.1) is 0 Å². The molecule has 5 rings (SSSR count). The number of benzene rings is 3. The summed E-state index contributed by atoms with van der Waals surface area (Å²) >= 11 is 0. The first-order valence-corrected chi connectivity index (χ1v) is 12.7. The van der Waals surface area contributed by atoms with Gasteiger partial charge >= 0.3 is 5.97 Å². The SMILES string of the molecule is CCCC(=O)On1cc(C(=O)c2ccc3c(c2)OC(C)(c2ccc(CC(C)C)cc2)O3)c2ccccc21. The fourth-order valence-electron chi connectivity index (χ4n) is 4.71. The van der Waals surface area contributed by atoms with Gasteiger partial charge in [-0.05, 0) is 48.6 Å². The van der Waals surface area contributed by atoms with Gasteiger partial charge in [0.15, 0.2) is 17.3 Å². The summed E-state index contributed by atoms with van der Waals surface area (Å²) in [6.07, 6.45) is 3.58. The van der Waals surface area contributed by atoms with E-state index in [0.717, 1.165) is 12.0 Å². The average Bonchev–Trinajstić information content (AvgIpc) is 3.41. The molecule has 0 radical (unpaired) electrons. The molecule has 2 heterocycles. The van der Waals surface area contributed by atoms with Crippen LogP contribution in [0.5, 0.6) is 11.5 Å². The summed E-state index contributed by atoms with van der Waals surface area (Å²) in [7, 11) is 0. The second-order valence-corrected chi connectivity index (χ2v) is 10.0. The highest BCUT2D eigenvalue weighted by Crippen LogP contribution is 2.44. The lowest BCUT2D eigenvalue weighted by molar-refractivity contribution is -0.143. The fourth-order valence-corrected chi connectivity index (χ4v) is 4.71. The van der Waals surface area contributed by atoms with Crippen LogP contribution in [-0.4, -0.2) is 16.5 Å². The highest BCUT2D eigenvalue weighted by Gasteiger charge is 2.39. The summed E-state index contributed by atoms with van der Waals surface area (Å²) in [6.45, 7) is 8.19. The first kappa shape index (κ1) is 24.6. The minimum Gasteiger partial charge on any atom is -0.445 e. The molecule has 0 fully saturated rings. The van der Waals surface area contributed by atoms with Gasteiger partial charge in [0.1, 0.15) is 0 Å². The molecule has 6 nitrogen and oxygen atoms in total. The van der Waals surface area contributed by atoms with Crippen LogP contribution in [-0.2, 0) is 17.0 Å². The predicted octanol–water partition coefficient (Wildman–Crippen LogP) is 6.47. The van der Waals surface area contributed by atoms with Gasteiger partial charge in [-0.3, -0.25) is 4.79 Å². The van der Waals surface area contributed by atoms with Gasteiger partial charge in [0.25, 0.3) is 5.79 Å². The second kappa shape index (κ2) is 9.77. The maximum absolute atomic E-state index is 13.6. The summed E-state index contributed by atoms with van der Waals surface area (Å²) in [6, 6.07) is 20.9. The standard InChI is InChI=1S/C31H31NO5/c1-5-8-29(33)37-32-19-25(24-9-6-7-10-26(24)32)30(34)22-13-16-27-28(18-22)36-31(4,35-27)23-14-11-21(12-15-23)17-20(2)3/h6-7,9-16,18-20H,5,8,17H2,1-4H3. The Morgan fingerprint density at radius 3 is 2.43 bits per heavy atom. The number of carbonyl (C=O) groups is 2. The van der Waals surface area contributed by atoms with Crippen molar-refractivity contribution in [3.63, 3.8) is 0 Å². The molecule has 0 saturated heterocycles. The lowest BCUT2D eigenvalue weighted by Crippen LogP contribution is -2.31. The molecule has 0 saturated carbocycles. The van der Waals surface area contributed by atoms with Crippen molar-refractivity contribution in [2.45, 2.75) is 52.7 Å². The Morgan fingerprint density at radius 1 is 0.973 bits per heavy atom. The number of rotatable bonds is 8. The first-order valence-electron chi connectivity index (χ1n) is 12.7. The molecule has 4 aromatic rings. The molecule has 6 heteroatoms. The zero-order valence-electron chi connectivity index (χ0n) is 21.6. The number of nitrogens with zero attached hydrogens (tertiary/aromatic N) is 1. The molecule has 3 aromatic carbocycles. The van der Waals surface area contributed by atoms with Crippen LogP contribution in [0.25, 0.3) is 10.9 Å². The Balaban J connectivity index is 1.41. The summed E-state index contributed by atoms with van der Waals surface area (Å²) in [5.74, 6) is 0.155. The Morgan fingerprint density at radius 2 is 1.70 bits per heavy atom. The van der Waals surface area contributed by atoms with Crippen LogP contribution in [0, 0.1) is 5.92 Å². The van der Waals surface area contributed by atoms with Gasteiger partial charge in [-0.25, -0.2) is 4.79 Å². The van der Waals surface area contributed by atoms with Crippen LogP contribution in [0.4, 0.5) is 0 Å². The van der Waals surface area contributed by atoms with Crippen molar-refractivity contribution >= 4 is 22.7 Å². The molecule has 1 aliphatic heterocycles. The van der Waals surface area contributed by atoms with Gasteiger partial charge in [-0.2, -0.15) is 4.73 Å². The normalized spacial score (nSPS) is 16.4. The van der Waals surface area contributed by atoms with Crippen molar-refractivity contribution in [3.8, 4) is 11.5 Å². The van der Waals surface area contributed by atoms with Gasteiger partial charge < -0.3 is 14.3 Å². The quantitative estimate of drug-likeness (QED) is 0.261. The maximum Gasteiger partial charge on any atom is 0.332 e. The van der Waals surface area contributed by atoms with Crippen LogP contribution in [0.3, 0.4) is 0 Å². The number of hydrogen-bond acceptors (Lipinski definition) is 5. The molecule has 0 amide bonds. The van der Waals surface area contributed by atoms with Crippen LogP contribution in [0.15, 0.2) is 72.9 Å². The lowest BCUT2D eigenvalue weighted by atomic mass is 9.99. The van der Waals surface area contributed by atoms with E-state index in [1.165, 1.54) is 10.3 Å². The van der Waals surface area contributed by atoms with Crippen LogP contribution >= 0.6 is 0 Å². The van der Waals surface area contributed by atoms with Crippen molar-refractivity contribution in [1.82, 2.24) is 4.73 Å².